The third kappa shape index (κ3) is 3.17. The Balaban J connectivity index is 1.89. The zero-order valence-corrected chi connectivity index (χ0v) is 12.4. The van der Waals surface area contributed by atoms with Crippen molar-refractivity contribution in [1.29, 1.82) is 0 Å². The molecule has 0 spiro atoms. The van der Waals surface area contributed by atoms with Gasteiger partial charge in [-0.25, -0.2) is 0 Å². The van der Waals surface area contributed by atoms with Gasteiger partial charge in [-0.1, -0.05) is 67.2 Å². The SMILES string of the molecule is C=CN1CCN(C(c2ccccc2)c2ccccc2)CC1. The smallest absolute Gasteiger partial charge is 0.0603 e. The van der Waals surface area contributed by atoms with Gasteiger partial charge in [-0.15, -0.1) is 0 Å². The maximum Gasteiger partial charge on any atom is 0.0603 e. The summed E-state index contributed by atoms with van der Waals surface area (Å²) < 4.78 is 0. The molecule has 0 amide bonds. The summed E-state index contributed by atoms with van der Waals surface area (Å²) in [6.45, 7) is 8.13. The van der Waals surface area contributed by atoms with E-state index in [9.17, 15) is 0 Å². The predicted molar refractivity (Wildman–Crippen MR) is 88.1 cm³/mol. The summed E-state index contributed by atoms with van der Waals surface area (Å²) in [5, 5.41) is 0. The number of benzene rings is 2. The van der Waals surface area contributed by atoms with Gasteiger partial charge in [0.1, 0.15) is 0 Å². The van der Waals surface area contributed by atoms with Crippen molar-refractivity contribution in [1.82, 2.24) is 9.80 Å². The maximum absolute atomic E-state index is 3.88. The lowest BCUT2D eigenvalue weighted by molar-refractivity contribution is 0.139. The molecule has 2 nitrogen and oxygen atoms in total. The standard InChI is InChI=1S/C19H22N2/c1-2-20-13-15-21(16-14-20)19(17-9-5-3-6-10-17)18-11-7-4-8-12-18/h2-12,19H,1,13-16H2. The third-order valence-electron chi connectivity index (χ3n) is 4.20. The molecule has 0 saturated carbocycles. The summed E-state index contributed by atoms with van der Waals surface area (Å²) in [7, 11) is 0. The van der Waals surface area contributed by atoms with E-state index in [-0.39, 0.29) is 0 Å². The fourth-order valence-corrected chi connectivity index (χ4v) is 3.06. The second-order valence-corrected chi connectivity index (χ2v) is 5.48. The molecule has 0 unspecified atom stereocenters. The quantitative estimate of drug-likeness (QED) is 0.844. The summed E-state index contributed by atoms with van der Waals surface area (Å²) in [4.78, 5) is 4.87. The molecule has 1 heterocycles. The van der Waals surface area contributed by atoms with Gasteiger partial charge in [0.2, 0.25) is 0 Å². The Morgan fingerprint density at radius 2 is 1.24 bits per heavy atom. The molecule has 0 aromatic heterocycles. The van der Waals surface area contributed by atoms with Crippen molar-refractivity contribution in [3.63, 3.8) is 0 Å². The Hall–Kier alpha value is -2.06. The van der Waals surface area contributed by atoms with E-state index in [1.165, 1.54) is 11.1 Å². The van der Waals surface area contributed by atoms with E-state index in [0.29, 0.717) is 6.04 Å². The van der Waals surface area contributed by atoms with Crippen LogP contribution in [0.4, 0.5) is 0 Å². The minimum atomic E-state index is 0.347. The van der Waals surface area contributed by atoms with Crippen LogP contribution in [0.2, 0.25) is 0 Å². The van der Waals surface area contributed by atoms with E-state index in [1.54, 1.807) is 0 Å². The van der Waals surface area contributed by atoms with Crippen LogP contribution in [0.3, 0.4) is 0 Å². The highest BCUT2D eigenvalue weighted by molar-refractivity contribution is 5.31. The van der Waals surface area contributed by atoms with Crippen LogP contribution in [0.5, 0.6) is 0 Å². The number of nitrogens with zero attached hydrogens (tertiary/aromatic N) is 2. The van der Waals surface area contributed by atoms with Gasteiger partial charge in [0.15, 0.2) is 0 Å². The highest BCUT2D eigenvalue weighted by atomic mass is 15.3. The zero-order chi connectivity index (χ0) is 14.5. The van der Waals surface area contributed by atoms with Crippen molar-refractivity contribution in [2.45, 2.75) is 6.04 Å². The van der Waals surface area contributed by atoms with Gasteiger partial charge >= 0.3 is 0 Å². The average molecular weight is 278 g/mol. The van der Waals surface area contributed by atoms with E-state index in [0.717, 1.165) is 26.2 Å². The Labute approximate surface area is 127 Å². The van der Waals surface area contributed by atoms with Crippen LogP contribution in [0.15, 0.2) is 73.4 Å². The van der Waals surface area contributed by atoms with Crippen molar-refractivity contribution in [3.05, 3.63) is 84.6 Å². The van der Waals surface area contributed by atoms with E-state index < -0.39 is 0 Å². The lowest BCUT2D eigenvalue weighted by atomic mass is 9.96. The van der Waals surface area contributed by atoms with Crippen LogP contribution in [-0.2, 0) is 0 Å². The Morgan fingerprint density at radius 3 is 1.67 bits per heavy atom. The van der Waals surface area contributed by atoms with Crippen LogP contribution in [0, 0.1) is 0 Å². The van der Waals surface area contributed by atoms with E-state index in [1.807, 2.05) is 6.20 Å². The summed E-state index contributed by atoms with van der Waals surface area (Å²) >= 11 is 0. The lowest BCUT2D eigenvalue weighted by Gasteiger charge is -2.39. The predicted octanol–water partition coefficient (Wildman–Crippen LogP) is 3.54. The first-order valence-corrected chi connectivity index (χ1v) is 7.59. The van der Waals surface area contributed by atoms with Crippen molar-refractivity contribution in [3.8, 4) is 0 Å². The normalized spacial score (nSPS) is 16.1. The molecule has 2 heteroatoms. The first-order valence-electron chi connectivity index (χ1n) is 7.59. The van der Waals surface area contributed by atoms with E-state index in [4.69, 9.17) is 0 Å². The molecule has 0 aliphatic carbocycles. The van der Waals surface area contributed by atoms with E-state index in [2.05, 4.69) is 77.0 Å². The molecule has 2 aromatic carbocycles. The minimum Gasteiger partial charge on any atom is -0.375 e. The molecule has 0 radical (unpaired) electrons. The number of rotatable bonds is 4. The molecule has 1 aliphatic rings. The van der Waals surface area contributed by atoms with E-state index >= 15 is 0 Å². The zero-order valence-electron chi connectivity index (χ0n) is 12.4. The second kappa shape index (κ2) is 6.59. The van der Waals surface area contributed by atoms with Crippen LogP contribution >= 0.6 is 0 Å². The molecule has 1 fully saturated rings. The molecule has 1 saturated heterocycles. The highest BCUT2D eigenvalue weighted by Crippen LogP contribution is 2.29. The highest BCUT2D eigenvalue weighted by Gasteiger charge is 2.25. The molecular weight excluding hydrogens is 256 g/mol. The Morgan fingerprint density at radius 1 is 0.762 bits per heavy atom. The van der Waals surface area contributed by atoms with Gasteiger partial charge in [-0.05, 0) is 17.3 Å². The largest absolute Gasteiger partial charge is 0.375 e. The van der Waals surface area contributed by atoms with Crippen molar-refractivity contribution in [2.24, 2.45) is 0 Å². The van der Waals surface area contributed by atoms with Gasteiger partial charge in [0, 0.05) is 26.2 Å². The lowest BCUT2D eigenvalue weighted by Crippen LogP contribution is -2.45. The fourth-order valence-electron chi connectivity index (χ4n) is 3.06. The first kappa shape index (κ1) is 13.9. The molecule has 0 atom stereocenters. The van der Waals surface area contributed by atoms with Gasteiger partial charge in [0.25, 0.3) is 0 Å². The summed E-state index contributed by atoms with van der Waals surface area (Å²) in [5.74, 6) is 0. The molecule has 3 rings (SSSR count). The number of hydrogen-bond donors (Lipinski definition) is 0. The monoisotopic (exact) mass is 278 g/mol. The van der Waals surface area contributed by atoms with Gasteiger partial charge in [0.05, 0.1) is 6.04 Å². The number of piperazine rings is 1. The summed E-state index contributed by atoms with van der Waals surface area (Å²) in [6, 6.07) is 22.0. The molecule has 1 aliphatic heterocycles. The van der Waals surface area contributed by atoms with Crippen molar-refractivity contribution >= 4 is 0 Å². The molecule has 0 bridgehead atoms. The Bertz CT molecular complexity index is 517. The van der Waals surface area contributed by atoms with Crippen LogP contribution in [0.25, 0.3) is 0 Å². The van der Waals surface area contributed by atoms with Crippen molar-refractivity contribution < 1.29 is 0 Å². The summed E-state index contributed by atoms with van der Waals surface area (Å²) in [5.41, 5.74) is 2.74. The van der Waals surface area contributed by atoms with Crippen molar-refractivity contribution in [2.75, 3.05) is 26.2 Å². The van der Waals surface area contributed by atoms with Crippen LogP contribution in [0.1, 0.15) is 17.2 Å². The van der Waals surface area contributed by atoms with Gasteiger partial charge < -0.3 is 4.90 Å². The van der Waals surface area contributed by atoms with Gasteiger partial charge in [-0.3, -0.25) is 4.90 Å². The minimum absolute atomic E-state index is 0.347. The molecule has 108 valence electrons. The van der Waals surface area contributed by atoms with Crippen LogP contribution < -0.4 is 0 Å². The first-order chi connectivity index (χ1) is 10.4. The average Bonchev–Trinajstić information content (AvgIpc) is 2.58. The molecule has 2 aromatic rings. The third-order valence-corrected chi connectivity index (χ3v) is 4.20. The molecule has 21 heavy (non-hydrogen) atoms. The van der Waals surface area contributed by atoms with Gasteiger partial charge in [-0.2, -0.15) is 0 Å². The maximum atomic E-state index is 3.88. The summed E-state index contributed by atoms with van der Waals surface area (Å²) in [6.07, 6.45) is 1.96. The second-order valence-electron chi connectivity index (χ2n) is 5.48. The molecule has 0 N–H and O–H groups in total. The molecular formula is C19H22N2. The topological polar surface area (TPSA) is 6.48 Å². The fraction of sp³-hybridized carbons (Fsp3) is 0.263. The Kier molecular flexibility index (Phi) is 4.37. The number of hydrogen-bond acceptors (Lipinski definition) is 2. The van der Waals surface area contributed by atoms with Crippen LogP contribution in [-0.4, -0.2) is 36.0 Å².